The van der Waals surface area contributed by atoms with Crippen LogP contribution in [-0.4, -0.2) is 45.9 Å². The van der Waals surface area contributed by atoms with Crippen molar-refractivity contribution >= 4 is 6.08 Å². The van der Waals surface area contributed by atoms with E-state index < -0.39 is 0 Å². The number of rotatable bonds is 7. The number of hydrogen-bond donors (Lipinski definition) is 0. The van der Waals surface area contributed by atoms with Crippen molar-refractivity contribution in [3.8, 4) is 34.1 Å². The lowest BCUT2D eigenvalue weighted by molar-refractivity contribution is 0.238. The van der Waals surface area contributed by atoms with Crippen LogP contribution in [0.4, 0.5) is 0 Å². The van der Waals surface area contributed by atoms with Crippen LogP contribution in [0.3, 0.4) is 0 Å². The molecule has 1 aliphatic heterocycles. The van der Waals surface area contributed by atoms with E-state index in [-0.39, 0.29) is 0 Å². The summed E-state index contributed by atoms with van der Waals surface area (Å²) < 4.78 is 22.7. The lowest BCUT2D eigenvalue weighted by Gasteiger charge is -2.18. The highest BCUT2D eigenvalue weighted by molar-refractivity contribution is 5.71. The fourth-order valence-electron chi connectivity index (χ4n) is 3.93. The van der Waals surface area contributed by atoms with E-state index in [1.807, 2.05) is 30.3 Å². The quantitative estimate of drug-likeness (QED) is 0.509. The van der Waals surface area contributed by atoms with Crippen LogP contribution >= 0.6 is 0 Å². The van der Waals surface area contributed by atoms with Gasteiger partial charge in [-0.1, -0.05) is 48.6 Å². The molecular formula is C27H29NO4. The lowest BCUT2D eigenvalue weighted by Crippen LogP contribution is -2.25. The predicted molar refractivity (Wildman–Crippen MR) is 128 cm³/mol. The predicted octanol–water partition coefficient (Wildman–Crippen LogP) is 5.29. The van der Waals surface area contributed by atoms with Crippen LogP contribution in [0.2, 0.25) is 0 Å². The molecule has 0 radical (unpaired) electrons. The van der Waals surface area contributed by atoms with Gasteiger partial charge < -0.3 is 18.9 Å². The molecule has 0 amide bonds. The van der Waals surface area contributed by atoms with Gasteiger partial charge in [0.05, 0.1) is 21.3 Å². The summed E-state index contributed by atoms with van der Waals surface area (Å²) in [7, 11) is 4.97. The van der Waals surface area contributed by atoms with Gasteiger partial charge in [-0.3, -0.25) is 4.90 Å². The summed E-state index contributed by atoms with van der Waals surface area (Å²) in [5, 5.41) is 0. The minimum absolute atomic E-state index is 0.623. The van der Waals surface area contributed by atoms with E-state index in [9.17, 15) is 0 Å². The Bertz CT molecular complexity index is 1080. The first-order chi connectivity index (χ1) is 15.7. The van der Waals surface area contributed by atoms with Gasteiger partial charge >= 0.3 is 0 Å². The number of benzene rings is 3. The first-order valence-corrected chi connectivity index (χ1v) is 10.7. The van der Waals surface area contributed by atoms with Gasteiger partial charge in [-0.25, -0.2) is 0 Å². The van der Waals surface area contributed by atoms with Crippen LogP contribution in [0.25, 0.3) is 17.2 Å². The molecule has 0 aliphatic carbocycles. The van der Waals surface area contributed by atoms with E-state index in [0.29, 0.717) is 18.1 Å². The standard InChI is InChI=1S/C27H29NO4/c1-29-24-12-11-21(17-25(24)30-2)22-16-23-19-28(13-7-10-20-8-5-4-6-9-20)14-15-32-27(23)26(18-22)31-3/h4-12,16-18H,13-15,19H2,1-3H3. The summed E-state index contributed by atoms with van der Waals surface area (Å²) in [6.07, 6.45) is 4.36. The van der Waals surface area contributed by atoms with Crippen molar-refractivity contribution in [3.63, 3.8) is 0 Å². The second kappa shape index (κ2) is 10.2. The summed E-state index contributed by atoms with van der Waals surface area (Å²) in [4.78, 5) is 2.38. The molecule has 32 heavy (non-hydrogen) atoms. The SMILES string of the molecule is COc1ccc(-c2cc3c(c(OC)c2)OCCN(CC=Cc2ccccc2)C3)cc1OC. The second-order valence-electron chi connectivity index (χ2n) is 7.63. The lowest BCUT2D eigenvalue weighted by atomic mass is 10.0. The van der Waals surface area contributed by atoms with Gasteiger partial charge in [0.1, 0.15) is 6.61 Å². The average molecular weight is 432 g/mol. The summed E-state index contributed by atoms with van der Waals surface area (Å²) in [5.41, 5.74) is 4.39. The van der Waals surface area contributed by atoms with Crippen molar-refractivity contribution in [1.82, 2.24) is 4.90 Å². The number of fused-ring (bicyclic) bond motifs is 1. The molecule has 166 valence electrons. The number of methoxy groups -OCH3 is 3. The molecule has 0 aromatic heterocycles. The first-order valence-electron chi connectivity index (χ1n) is 10.7. The van der Waals surface area contributed by atoms with Crippen molar-refractivity contribution in [2.24, 2.45) is 0 Å². The summed E-state index contributed by atoms with van der Waals surface area (Å²) in [6, 6.07) is 20.5. The molecule has 0 atom stereocenters. The highest BCUT2D eigenvalue weighted by Crippen LogP contribution is 2.40. The zero-order chi connectivity index (χ0) is 22.3. The van der Waals surface area contributed by atoms with Crippen LogP contribution in [0.1, 0.15) is 11.1 Å². The van der Waals surface area contributed by atoms with Gasteiger partial charge in [-0.15, -0.1) is 0 Å². The van der Waals surface area contributed by atoms with Crippen LogP contribution in [0, 0.1) is 0 Å². The second-order valence-corrected chi connectivity index (χ2v) is 7.63. The molecule has 1 aliphatic rings. The molecule has 0 fully saturated rings. The van der Waals surface area contributed by atoms with Gasteiger partial charge in [0.25, 0.3) is 0 Å². The van der Waals surface area contributed by atoms with E-state index in [4.69, 9.17) is 18.9 Å². The fraction of sp³-hybridized carbons (Fsp3) is 0.259. The van der Waals surface area contributed by atoms with Crippen LogP contribution in [-0.2, 0) is 6.54 Å². The monoisotopic (exact) mass is 431 g/mol. The maximum atomic E-state index is 6.10. The van der Waals surface area contributed by atoms with Crippen molar-refractivity contribution < 1.29 is 18.9 Å². The van der Waals surface area contributed by atoms with E-state index >= 15 is 0 Å². The molecule has 1 heterocycles. The number of nitrogens with zero attached hydrogens (tertiary/aromatic N) is 1. The third-order valence-electron chi connectivity index (χ3n) is 5.59. The highest BCUT2D eigenvalue weighted by Gasteiger charge is 2.20. The summed E-state index contributed by atoms with van der Waals surface area (Å²) in [5.74, 6) is 2.97. The van der Waals surface area contributed by atoms with Gasteiger partial charge in [0.15, 0.2) is 23.0 Å². The third kappa shape index (κ3) is 4.89. The molecule has 0 bridgehead atoms. The molecule has 0 spiro atoms. The summed E-state index contributed by atoms with van der Waals surface area (Å²) >= 11 is 0. The number of hydrogen-bond acceptors (Lipinski definition) is 5. The van der Waals surface area contributed by atoms with Crippen molar-refractivity contribution in [2.45, 2.75) is 6.54 Å². The molecule has 0 saturated heterocycles. The van der Waals surface area contributed by atoms with Gasteiger partial charge in [-0.05, 0) is 41.0 Å². The van der Waals surface area contributed by atoms with Gasteiger partial charge in [0, 0.05) is 25.2 Å². The van der Waals surface area contributed by atoms with E-state index in [0.717, 1.165) is 47.8 Å². The van der Waals surface area contributed by atoms with Crippen LogP contribution < -0.4 is 18.9 Å². The minimum Gasteiger partial charge on any atom is -0.493 e. The molecule has 4 rings (SSSR count). The fourth-order valence-corrected chi connectivity index (χ4v) is 3.93. The smallest absolute Gasteiger partial charge is 0.165 e. The number of ether oxygens (including phenoxy) is 4. The Morgan fingerprint density at radius 2 is 1.59 bits per heavy atom. The summed E-state index contributed by atoms with van der Waals surface area (Å²) in [6.45, 7) is 3.10. The molecule has 5 heteroatoms. The van der Waals surface area contributed by atoms with Crippen LogP contribution in [0.5, 0.6) is 23.0 Å². The van der Waals surface area contributed by atoms with E-state index in [1.165, 1.54) is 5.56 Å². The molecule has 0 N–H and O–H groups in total. The molecule has 0 unspecified atom stereocenters. The molecule has 5 nitrogen and oxygen atoms in total. The molecular weight excluding hydrogens is 402 g/mol. The third-order valence-corrected chi connectivity index (χ3v) is 5.59. The first kappa shape index (κ1) is 21.8. The van der Waals surface area contributed by atoms with E-state index in [1.54, 1.807) is 21.3 Å². The van der Waals surface area contributed by atoms with E-state index in [2.05, 4.69) is 47.4 Å². The van der Waals surface area contributed by atoms with Gasteiger partial charge in [0.2, 0.25) is 0 Å². The maximum absolute atomic E-state index is 6.10. The minimum atomic E-state index is 0.623. The van der Waals surface area contributed by atoms with Crippen molar-refractivity contribution in [2.75, 3.05) is 41.0 Å². The van der Waals surface area contributed by atoms with Crippen LogP contribution in [0.15, 0.2) is 66.7 Å². The Morgan fingerprint density at radius 1 is 0.844 bits per heavy atom. The zero-order valence-corrected chi connectivity index (χ0v) is 18.8. The Morgan fingerprint density at radius 3 is 2.34 bits per heavy atom. The highest BCUT2D eigenvalue weighted by atomic mass is 16.5. The van der Waals surface area contributed by atoms with Crippen molar-refractivity contribution in [3.05, 3.63) is 77.9 Å². The molecule has 0 saturated carbocycles. The Kier molecular flexibility index (Phi) is 6.97. The molecule has 3 aromatic carbocycles. The van der Waals surface area contributed by atoms with Crippen molar-refractivity contribution in [1.29, 1.82) is 0 Å². The normalized spacial score (nSPS) is 13.8. The Balaban J connectivity index is 1.60. The average Bonchev–Trinajstić information content (AvgIpc) is 3.05. The molecule has 3 aromatic rings. The Labute approximate surface area is 189 Å². The van der Waals surface area contributed by atoms with Gasteiger partial charge in [-0.2, -0.15) is 0 Å². The topological polar surface area (TPSA) is 40.2 Å². The Hall–Kier alpha value is -3.44. The zero-order valence-electron chi connectivity index (χ0n) is 18.8. The maximum Gasteiger partial charge on any atom is 0.165 e. The largest absolute Gasteiger partial charge is 0.493 e.